The van der Waals surface area contributed by atoms with E-state index in [1.165, 1.54) is 6.07 Å². The maximum absolute atomic E-state index is 11.8. The Labute approximate surface area is 116 Å². The van der Waals surface area contributed by atoms with E-state index >= 15 is 0 Å². The lowest BCUT2D eigenvalue weighted by atomic mass is 10.3. The molecule has 0 fully saturated rings. The molecule has 1 rings (SSSR count). The van der Waals surface area contributed by atoms with Crippen molar-refractivity contribution in [3.8, 4) is 0 Å². The van der Waals surface area contributed by atoms with Gasteiger partial charge in [0.25, 0.3) is 0 Å². The second kappa shape index (κ2) is 6.29. The molecule has 0 aliphatic heterocycles. The Morgan fingerprint density at radius 1 is 1.25 bits per heavy atom. The third-order valence-electron chi connectivity index (χ3n) is 2.20. The molecule has 0 unspecified atom stereocenters. The Kier molecular flexibility index (Phi) is 5.20. The minimum atomic E-state index is -3.88. The van der Waals surface area contributed by atoms with Crippen LogP contribution >= 0.6 is 0 Å². The first-order valence-corrected chi connectivity index (χ1v) is 8.89. The number of sulfone groups is 1. The number of sulfonamides is 1. The number of rotatable bonds is 6. The second-order valence-corrected chi connectivity index (χ2v) is 7.58. The van der Waals surface area contributed by atoms with Gasteiger partial charge in [-0.25, -0.2) is 31.8 Å². The van der Waals surface area contributed by atoms with E-state index < -0.39 is 37.3 Å². The molecule has 0 radical (unpaired) electrons. The summed E-state index contributed by atoms with van der Waals surface area (Å²) in [5.41, 5.74) is 0.109. The number of nitrogens with zero attached hydrogens (tertiary/aromatic N) is 1. The third-order valence-corrected chi connectivity index (χ3v) is 4.85. The summed E-state index contributed by atoms with van der Waals surface area (Å²) in [5, 5.41) is 4.42. The summed E-state index contributed by atoms with van der Waals surface area (Å²) in [6.45, 7) is 1.82. The Balaban J connectivity index is 2.90. The third kappa shape index (κ3) is 4.87. The first kappa shape index (κ1) is 16.5. The van der Waals surface area contributed by atoms with Gasteiger partial charge < -0.3 is 4.74 Å². The SMILES string of the molecule is CCOC(=O)c1ccc(S(=O)(=O)CCS(N)(=O)=O)nc1. The highest BCUT2D eigenvalue weighted by Crippen LogP contribution is 2.10. The molecule has 8 nitrogen and oxygen atoms in total. The van der Waals surface area contributed by atoms with Gasteiger partial charge in [-0.15, -0.1) is 0 Å². The van der Waals surface area contributed by atoms with Gasteiger partial charge in [-0.1, -0.05) is 0 Å². The summed E-state index contributed by atoms with van der Waals surface area (Å²) >= 11 is 0. The fraction of sp³-hybridized carbons (Fsp3) is 0.400. The van der Waals surface area contributed by atoms with E-state index in [2.05, 4.69) is 4.98 Å². The van der Waals surface area contributed by atoms with E-state index in [4.69, 9.17) is 9.88 Å². The van der Waals surface area contributed by atoms with Crippen LogP contribution in [-0.4, -0.2) is 45.9 Å². The van der Waals surface area contributed by atoms with Crippen molar-refractivity contribution in [2.24, 2.45) is 5.14 Å². The zero-order valence-electron chi connectivity index (χ0n) is 10.6. The van der Waals surface area contributed by atoms with Gasteiger partial charge in [0.15, 0.2) is 14.9 Å². The molecule has 0 saturated heterocycles. The van der Waals surface area contributed by atoms with E-state index in [1.54, 1.807) is 6.92 Å². The van der Waals surface area contributed by atoms with E-state index in [1.807, 2.05) is 0 Å². The molecule has 10 heteroatoms. The topological polar surface area (TPSA) is 133 Å². The number of primary sulfonamides is 1. The Hall–Kier alpha value is -1.52. The number of aromatic nitrogens is 1. The molecule has 2 N–H and O–H groups in total. The number of hydrogen-bond donors (Lipinski definition) is 1. The fourth-order valence-electron chi connectivity index (χ4n) is 1.23. The van der Waals surface area contributed by atoms with Crippen molar-refractivity contribution >= 4 is 25.8 Å². The number of hydrogen-bond acceptors (Lipinski definition) is 7. The average Bonchev–Trinajstić information content (AvgIpc) is 2.36. The predicted molar refractivity (Wildman–Crippen MR) is 70.2 cm³/mol. The quantitative estimate of drug-likeness (QED) is 0.686. The summed E-state index contributed by atoms with van der Waals surface area (Å²) in [5.74, 6) is -1.98. The Morgan fingerprint density at radius 3 is 2.35 bits per heavy atom. The van der Waals surface area contributed by atoms with Crippen LogP contribution in [-0.2, 0) is 24.6 Å². The highest BCUT2D eigenvalue weighted by molar-refractivity contribution is 7.94. The molecule has 1 aromatic rings. The van der Waals surface area contributed by atoms with Crippen molar-refractivity contribution < 1.29 is 26.4 Å². The van der Waals surface area contributed by atoms with Gasteiger partial charge in [-0.05, 0) is 19.1 Å². The van der Waals surface area contributed by atoms with Crippen LogP contribution in [0.2, 0.25) is 0 Å². The summed E-state index contributed by atoms with van der Waals surface area (Å²) in [6.07, 6.45) is 1.06. The minimum absolute atomic E-state index is 0.109. The van der Waals surface area contributed by atoms with Crippen LogP contribution in [0.15, 0.2) is 23.4 Å². The molecule has 0 aliphatic rings. The lowest BCUT2D eigenvalue weighted by Crippen LogP contribution is -2.23. The van der Waals surface area contributed by atoms with Crippen molar-refractivity contribution in [1.82, 2.24) is 4.98 Å². The monoisotopic (exact) mass is 322 g/mol. The first-order valence-electron chi connectivity index (χ1n) is 5.52. The van der Waals surface area contributed by atoms with Crippen molar-refractivity contribution in [2.75, 3.05) is 18.1 Å². The van der Waals surface area contributed by atoms with Crippen LogP contribution in [0.3, 0.4) is 0 Å². The largest absolute Gasteiger partial charge is 0.462 e. The van der Waals surface area contributed by atoms with Crippen molar-refractivity contribution in [3.05, 3.63) is 23.9 Å². The molecule has 1 heterocycles. The van der Waals surface area contributed by atoms with E-state index in [-0.39, 0.29) is 17.2 Å². The molecule has 1 aromatic heterocycles. The smallest absolute Gasteiger partial charge is 0.339 e. The summed E-state index contributed by atoms with van der Waals surface area (Å²) in [7, 11) is -7.75. The first-order chi connectivity index (χ1) is 9.15. The fourth-order valence-corrected chi connectivity index (χ4v) is 3.73. The normalized spacial score (nSPS) is 12.1. The highest BCUT2D eigenvalue weighted by atomic mass is 32.2. The Bertz CT molecular complexity index is 679. The summed E-state index contributed by atoms with van der Waals surface area (Å²) < 4.78 is 49.8. The van der Waals surface area contributed by atoms with Crippen LogP contribution in [0.4, 0.5) is 0 Å². The maximum atomic E-state index is 11.8. The van der Waals surface area contributed by atoms with Gasteiger partial charge in [-0.3, -0.25) is 0 Å². The van der Waals surface area contributed by atoms with Gasteiger partial charge >= 0.3 is 5.97 Å². The molecule has 20 heavy (non-hydrogen) atoms. The van der Waals surface area contributed by atoms with Crippen molar-refractivity contribution in [2.45, 2.75) is 11.9 Å². The van der Waals surface area contributed by atoms with Gasteiger partial charge in [0, 0.05) is 6.20 Å². The molecule has 0 aliphatic carbocycles. The number of ether oxygens (including phenoxy) is 1. The van der Waals surface area contributed by atoms with Crippen LogP contribution in [0.1, 0.15) is 17.3 Å². The lowest BCUT2D eigenvalue weighted by molar-refractivity contribution is 0.0525. The number of pyridine rings is 1. The number of esters is 1. The second-order valence-electron chi connectivity index (χ2n) is 3.79. The minimum Gasteiger partial charge on any atom is -0.462 e. The van der Waals surface area contributed by atoms with E-state index in [9.17, 15) is 21.6 Å². The highest BCUT2D eigenvalue weighted by Gasteiger charge is 2.19. The van der Waals surface area contributed by atoms with Crippen molar-refractivity contribution in [3.63, 3.8) is 0 Å². The maximum Gasteiger partial charge on any atom is 0.339 e. The molecular weight excluding hydrogens is 308 g/mol. The molecule has 0 spiro atoms. The van der Waals surface area contributed by atoms with Gasteiger partial charge in [0.1, 0.15) is 0 Å². The van der Waals surface area contributed by atoms with Gasteiger partial charge in [-0.2, -0.15) is 0 Å². The number of carbonyl (C=O) groups is 1. The van der Waals surface area contributed by atoms with E-state index in [0.717, 1.165) is 12.3 Å². The zero-order valence-corrected chi connectivity index (χ0v) is 12.3. The standard InChI is InChI=1S/C10H14N2O6S2/c1-2-18-10(13)8-3-4-9(12-7-8)19(14,15)5-6-20(11,16)17/h3-4,7H,2,5-6H2,1H3,(H2,11,16,17). The molecular formula is C10H14N2O6S2. The predicted octanol–water partition coefficient (Wildman–Crippen LogP) is -0.679. The molecule has 0 saturated carbocycles. The Morgan fingerprint density at radius 2 is 1.90 bits per heavy atom. The molecule has 0 atom stereocenters. The zero-order chi connectivity index (χ0) is 15.4. The van der Waals surface area contributed by atoms with Gasteiger partial charge in [0.05, 0.1) is 23.7 Å². The average molecular weight is 322 g/mol. The van der Waals surface area contributed by atoms with Crippen LogP contribution in [0.25, 0.3) is 0 Å². The molecule has 0 aromatic carbocycles. The summed E-state index contributed by atoms with van der Waals surface area (Å²) in [6, 6.07) is 2.36. The molecule has 0 bridgehead atoms. The number of carbonyl (C=O) groups excluding carboxylic acids is 1. The van der Waals surface area contributed by atoms with Crippen molar-refractivity contribution in [1.29, 1.82) is 0 Å². The van der Waals surface area contributed by atoms with Crippen LogP contribution in [0, 0.1) is 0 Å². The van der Waals surface area contributed by atoms with Gasteiger partial charge in [0.2, 0.25) is 10.0 Å². The van der Waals surface area contributed by atoms with E-state index in [0.29, 0.717) is 0 Å². The molecule has 0 amide bonds. The number of nitrogens with two attached hydrogens (primary N) is 1. The summed E-state index contributed by atoms with van der Waals surface area (Å²) in [4.78, 5) is 15.0. The molecule has 112 valence electrons. The van der Waals surface area contributed by atoms with Crippen LogP contribution in [0.5, 0.6) is 0 Å². The lowest BCUT2D eigenvalue weighted by Gasteiger charge is -2.04. The van der Waals surface area contributed by atoms with Crippen LogP contribution < -0.4 is 5.14 Å².